The van der Waals surface area contributed by atoms with Gasteiger partial charge in [-0.05, 0) is 25.0 Å². The molecule has 0 aromatic carbocycles. The molecule has 1 aromatic rings. The molecule has 1 amide bonds. The molecule has 0 bridgehead atoms. The van der Waals surface area contributed by atoms with E-state index in [-0.39, 0.29) is 12.5 Å². The molecule has 154 valence electrons. The first-order valence-corrected chi connectivity index (χ1v) is 11.3. The number of aromatic nitrogens is 1. The summed E-state index contributed by atoms with van der Waals surface area (Å²) < 4.78 is 0.387. The highest BCUT2D eigenvalue weighted by atomic mass is 32.2. The van der Waals surface area contributed by atoms with Gasteiger partial charge in [0.25, 0.3) is 0 Å². The van der Waals surface area contributed by atoms with Crippen LogP contribution in [0.5, 0.6) is 0 Å². The third kappa shape index (κ3) is 5.63. The van der Waals surface area contributed by atoms with Crippen molar-refractivity contribution in [1.29, 1.82) is 0 Å². The van der Waals surface area contributed by atoms with Crippen LogP contribution in [-0.4, -0.2) is 77.4 Å². The molecular formula is C21H33N5OS. The number of likely N-dealkylation sites (N-methyl/N-ethyl adjacent to an activating group) is 1. The number of hydrogen-bond donors (Lipinski definition) is 1. The van der Waals surface area contributed by atoms with Crippen LogP contribution in [0.25, 0.3) is 0 Å². The van der Waals surface area contributed by atoms with Gasteiger partial charge in [-0.2, -0.15) is 11.8 Å². The van der Waals surface area contributed by atoms with E-state index in [2.05, 4.69) is 32.0 Å². The zero-order chi connectivity index (χ0) is 19.8. The summed E-state index contributed by atoms with van der Waals surface area (Å²) in [6, 6.07) is 5.88. The van der Waals surface area contributed by atoms with E-state index in [0.717, 1.165) is 36.9 Å². The Hall–Kier alpha value is -1.76. The van der Waals surface area contributed by atoms with Crippen LogP contribution in [-0.2, 0) is 11.2 Å². The molecule has 0 radical (unpaired) electrons. The summed E-state index contributed by atoms with van der Waals surface area (Å²) in [5.74, 6) is 2.08. The van der Waals surface area contributed by atoms with Crippen molar-refractivity contribution >= 4 is 23.6 Å². The number of guanidine groups is 1. The fourth-order valence-electron chi connectivity index (χ4n) is 4.10. The molecule has 7 heteroatoms. The summed E-state index contributed by atoms with van der Waals surface area (Å²) in [4.78, 5) is 25.4. The molecule has 2 heterocycles. The molecule has 2 aliphatic rings. The number of thioether (sulfide) groups is 1. The van der Waals surface area contributed by atoms with Crippen molar-refractivity contribution in [2.24, 2.45) is 4.99 Å². The molecule has 1 saturated carbocycles. The monoisotopic (exact) mass is 403 g/mol. The number of pyridine rings is 1. The lowest BCUT2D eigenvalue weighted by Gasteiger charge is -2.45. The van der Waals surface area contributed by atoms with Gasteiger partial charge >= 0.3 is 0 Å². The topological polar surface area (TPSA) is 60.8 Å². The highest BCUT2D eigenvalue weighted by Gasteiger charge is 2.38. The van der Waals surface area contributed by atoms with E-state index in [4.69, 9.17) is 0 Å². The van der Waals surface area contributed by atoms with Gasteiger partial charge < -0.3 is 15.1 Å². The Bertz CT molecular complexity index is 655. The van der Waals surface area contributed by atoms with Crippen molar-refractivity contribution in [3.8, 4) is 0 Å². The van der Waals surface area contributed by atoms with Gasteiger partial charge in [0.05, 0.1) is 6.54 Å². The van der Waals surface area contributed by atoms with E-state index < -0.39 is 0 Å². The van der Waals surface area contributed by atoms with Crippen molar-refractivity contribution in [1.82, 2.24) is 20.1 Å². The summed E-state index contributed by atoms with van der Waals surface area (Å²) >= 11 is 2.15. The zero-order valence-corrected chi connectivity index (χ0v) is 18.0. The Morgan fingerprint density at radius 2 is 2.18 bits per heavy atom. The second kappa shape index (κ2) is 10.1. The second-order valence-electron chi connectivity index (χ2n) is 7.80. The molecule has 0 atom stereocenters. The first-order chi connectivity index (χ1) is 13.6. The minimum absolute atomic E-state index is 0.0795. The van der Waals surface area contributed by atoms with Crippen molar-refractivity contribution in [2.45, 2.75) is 43.3 Å². The Balaban J connectivity index is 1.47. The lowest BCUT2D eigenvalue weighted by atomic mass is 9.87. The Labute approximate surface area is 173 Å². The molecule has 1 aromatic heterocycles. The molecule has 1 aliphatic heterocycles. The molecule has 1 spiro atoms. The van der Waals surface area contributed by atoms with Gasteiger partial charge in [-0.15, -0.1) is 0 Å². The number of hydrogen-bond acceptors (Lipinski definition) is 4. The highest BCUT2D eigenvalue weighted by molar-refractivity contribution is 8.00. The lowest BCUT2D eigenvalue weighted by Crippen LogP contribution is -2.54. The van der Waals surface area contributed by atoms with E-state index in [0.29, 0.717) is 11.3 Å². The minimum atomic E-state index is 0.0795. The van der Waals surface area contributed by atoms with Crippen molar-refractivity contribution in [3.63, 3.8) is 0 Å². The van der Waals surface area contributed by atoms with Crippen LogP contribution >= 0.6 is 11.8 Å². The summed E-state index contributed by atoms with van der Waals surface area (Å²) in [5, 5.41) is 3.30. The standard InChI is InChI=1S/C21H33N5OS/c1-22-20(26-14-15-28-21(17-26)10-5-3-6-11-21)24-16-19(27)25(2)13-9-18-8-4-7-12-23-18/h4,7-8,12H,3,5-6,9-11,13-17H2,1-2H3,(H,22,24). The fourth-order valence-corrected chi connectivity index (χ4v) is 5.67. The normalized spacial score (nSPS) is 19.5. The van der Waals surface area contributed by atoms with E-state index in [9.17, 15) is 4.79 Å². The predicted octanol–water partition coefficient (Wildman–Crippen LogP) is 2.41. The average Bonchev–Trinajstić information content (AvgIpc) is 2.73. The Morgan fingerprint density at radius 1 is 1.36 bits per heavy atom. The zero-order valence-electron chi connectivity index (χ0n) is 17.2. The van der Waals surface area contributed by atoms with E-state index in [1.54, 1.807) is 11.1 Å². The highest BCUT2D eigenvalue weighted by Crippen LogP contribution is 2.42. The summed E-state index contributed by atoms with van der Waals surface area (Å²) in [5.41, 5.74) is 1.01. The summed E-state index contributed by atoms with van der Waals surface area (Å²) in [6.45, 7) is 2.98. The number of amides is 1. The number of nitrogens with zero attached hydrogens (tertiary/aromatic N) is 4. The van der Waals surface area contributed by atoms with Crippen LogP contribution in [0.1, 0.15) is 37.8 Å². The van der Waals surface area contributed by atoms with Crippen LogP contribution in [0.3, 0.4) is 0 Å². The molecular weight excluding hydrogens is 370 g/mol. The van der Waals surface area contributed by atoms with Gasteiger partial charge in [-0.25, -0.2) is 0 Å². The number of nitrogens with one attached hydrogen (secondary N) is 1. The van der Waals surface area contributed by atoms with Crippen LogP contribution in [0.2, 0.25) is 0 Å². The van der Waals surface area contributed by atoms with E-state index >= 15 is 0 Å². The molecule has 1 N–H and O–H groups in total. The molecule has 1 aliphatic carbocycles. The van der Waals surface area contributed by atoms with Gasteiger partial charge in [0.2, 0.25) is 5.91 Å². The van der Waals surface area contributed by atoms with Gasteiger partial charge in [-0.1, -0.05) is 25.3 Å². The Kier molecular flexibility index (Phi) is 7.59. The van der Waals surface area contributed by atoms with Gasteiger partial charge in [-0.3, -0.25) is 14.8 Å². The SMILES string of the molecule is CN=C(NCC(=O)N(C)CCc1ccccn1)N1CCSC2(CCCCC2)C1. The molecule has 1 saturated heterocycles. The van der Waals surface area contributed by atoms with Crippen LogP contribution in [0.4, 0.5) is 0 Å². The van der Waals surface area contributed by atoms with Gasteiger partial charge in [0.15, 0.2) is 5.96 Å². The molecule has 0 unspecified atom stereocenters. The maximum absolute atomic E-state index is 12.5. The largest absolute Gasteiger partial charge is 0.347 e. The van der Waals surface area contributed by atoms with Crippen molar-refractivity contribution in [2.75, 3.05) is 46.0 Å². The van der Waals surface area contributed by atoms with E-state index in [1.807, 2.05) is 32.3 Å². The molecule has 3 rings (SSSR count). The molecule has 28 heavy (non-hydrogen) atoms. The fraction of sp³-hybridized carbons (Fsp3) is 0.667. The molecule has 6 nitrogen and oxygen atoms in total. The average molecular weight is 404 g/mol. The Morgan fingerprint density at radius 3 is 2.89 bits per heavy atom. The quantitative estimate of drug-likeness (QED) is 0.604. The van der Waals surface area contributed by atoms with Crippen molar-refractivity contribution < 1.29 is 4.79 Å². The van der Waals surface area contributed by atoms with Crippen LogP contribution < -0.4 is 5.32 Å². The molecule has 2 fully saturated rings. The third-order valence-corrected chi connectivity index (χ3v) is 7.31. The first kappa shape index (κ1) is 21.0. The lowest BCUT2D eigenvalue weighted by molar-refractivity contribution is -0.128. The first-order valence-electron chi connectivity index (χ1n) is 10.4. The van der Waals surface area contributed by atoms with Gasteiger partial charge in [0.1, 0.15) is 0 Å². The number of aliphatic imine (C=N–C) groups is 1. The third-order valence-electron chi connectivity index (χ3n) is 5.78. The summed E-state index contributed by atoms with van der Waals surface area (Å²) in [7, 11) is 3.66. The maximum Gasteiger partial charge on any atom is 0.241 e. The van der Waals surface area contributed by atoms with Gasteiger partial charge in [0, 0.05) is 62.5 Å². The van der Waals surface area contributed by atoms with E-state index in [1.165, 1.54) is 32.1 Å². The number of carbonyl (C=O) groups excluding carboxylic acids is 1. The van der Waals surface area contributed by atoms with Crippen LogP contribution in [0, 0.1) is 0 Å². The van der Waals surface area contributed by atoms with Crippen LogP contribution in [0.15, 0.2) is 29.4 Å². The second-order valence-corrected chi connectivity index (χ2v) is 9.36. The predicted molar refractivity (Wildman–Crippen MR) is 117 cm³/mol. The van der Waals surface area contributed by atoms with Crippen molar-refractivity contribution in [3.05, 3.63) is 30.1 Å². The number of carbonyl (C=O) groups is 1. The maximum atomic E-state index is 12.5. The number of rotatable bonds is 5. The smallest absolute Gasteiger partial charge is 0.241 e. The summed E-state index contributed by atoms with van der Waals surface area (Å²) in [6.07, 6.45) is 9.22. The minimum Gasteiger partial charge on any atom is -0.347 e.